The number of para-hydroxylation sites is 1. The summed E-state index contributed by atoms with van der Waals surface area (Å²) in [6.07, 6.45) is 2.42. The summed E-state index contributed by atoms with van der Waals surface area (Å²) in [5.41, 5.74) is 4.28. The number of anilines is 3. The highest BCUT2D eigenvalue weighted by molar-refractivity contribution is 5.97. The molecule has 0 saturated heterocycles. The van der Waals surface area contributed by atoms with E-state index in [0.717, 1.165) is 29.8 Å². The van der Waals surface area contributed by atoms with E-state index in [1.165, 1.54) is 0 Å². The second-order valence-electron chi connectivity index (χ2n) is 7.52. The first-order valence-electron chi connectivity index (χ1n) is 10.8. The number of halogens is 2. The molecule has 1 N–H and O–H groups in total. The number of carbonyl (C=O) groups excluding carboxylic acids is 1. The summed E-state index contributed by atoms with van der Waals surface area (Å²) in [5, 5.41) is 6.94. The number of nitrogens with one attached hydrogen (secondary N) is 1. The third-order valence-electron chi connectivity index (χ3n) is 5.53. The number of amides is 1. The van der Waals surface area contributed by atoms with E-state index in [1.54, 1.807) is 36.3 Å². The maximum atomic E-state index is 14.0. The Bertz CT molecular complexity index is 1140. The molecule has 6 nitrogen and oxygen atoms in total. The van der Waals surface area contributed by atoms with Crippen LogP contribution in [0.5, 0.6) is 5.75 Å². The van der Waals surface area contributed by atoms with E-state index in [2.05, 4.69) is 10.4 Å². The first-order valence-corrected chi connectivity index (χ1v) is 10.8. The van der Waals surface area contributed by atoms with E-state index in [1.807, 2.05) is 36.9 Å². The van der Waals surface area contributed by atoms with Crippen LogP contribution < -0.4 is 15.0 Å². The SMILES string of the molecule is CC.Cn1cc(-c2cc3c(cc2C(F)F)N(c2cccc4c2OCC(=O)N4)CCC3)cn1. The lowest BCUT2D eigenvalue weighted by Crippen LogP contribution is -2.29. The van der Waals surface area contributed by atoms with Crippen molar-refractivity contribution in [3.63, 3.8) is 0 Å². The minimum absolute atomic E-state index is 0.0207. The number of hydrogen-bond acceptors (Lipinski definition) is 4. The molecule has 0 aliphatic carbocycles. The lowest BCUT2D eigenvalue weighted by molar-refractivity contribution is -0.118. The minimum atomic E-state index is -2.62. The van der Waals surface area contributed by atoms with Gasteiger partial charge in [-0.1, -0.05) is 19.9 Å². The second kappa shape index (κ2) is 8.98. The van der Waals surface area contributed by atoms with Gasteiger partial charge in [-0.05, 0) is 48.2 Å². The standard InChI is InChI=1S/C22H20F2N4O2.C2H6/c1-27-11-14(10-25-27)15-8-13-4-3-7-28(19(13)9-16(15)22(23)24)18-6-2-5-17-21(18)30-12-20(29)26-17;1-2/h2,5-6,8-11,22H,3-4,7,12H2,1H3,(H,26,29);1-2H3. The van der Waals surface area contributed by atoms with Crippen molar-refractivity contribution >= 4 is 23.0 Å². The highest BCUT2D eigenvalue weighted by Crippen LogP contribution is 2.45. The Morgan fingerprint density at radius 3 is 2.72 bits per heavy atom. The van der Waals surface area contributed by atoms with Crippen molar-refractivity contribution in [2.45, 2.75) is 33.1 Å². The van der Waals surface area contributed by atoms with Crippen LogP contribution in [0.25, 0.3) is 11.1 Å². The number of nitrogens with zero attached hydrogens (tertiary/aromatic N) is 3. The molecule has 0 unspecified atom stereocenters. The molecule has 3 heterocycles. The van der Waals surface area contributed by atoms with Crippen LogP contribution in [0.4, 0.5) is 25.8 Å². The van der Waals surface area contributed by atoms with E-state index >= 15 is 0 Å². The Labute approximate surface area is 185 Å². The van der Waals surface area contributed by atoms with Crippen LogP contribution in [0.15, 0.2) is 42.7 Å². The zero-order valence-electron chi connectivity index (χ0n) is 18.4. The molecule has 1 aromatic heterocycles. The minimum Gasteiger partial charge on any atom is -0.479 e. The van der Waals surface area contributed by atoms with Crippen molar-refractivity contribution in [2.75, 3.05) is 23.4 Å². The number of aryl methyl sites for hydroxylation is 2. The number of aromatic nitrogens is 2. The molecule has 8 heteroatoms. The summed E-state index contributed by atoms with van der Waals surface area (Å²) in [7, 11) is 1.77. The summed E-state index contributed by atoms with van der Waals surface area (Å²) >= 11 is 0. The van der Waals surface area contributed by atoms with Crippen LogP contribution in [-0.4, -0.2) is 28.8 Å². The van der Waals surface area contributed by atoms with Crippen LogP contribution in [0.3, 0.4) is 0 Å². The summed E-state index contributed by atoms with van der Waals surface area (Å²) in [6, 6.07) is 8.94. The fourth-order valence-electron chi connectivity index (χ4n) is 4.20. The van der Waals surface area contributed by atoms with Gasteiger partial charge in [0.15, 0.2) is 12.4 Å². The van der Waals surface area contributed by atoms with Crippen molar-refractivity contribution in [1.82, 2.24) is 9.78 Å². The Morgan fingerprint density at radius 2 is 2.00 bits per heavy atom. The lowest BCUT2D eigenvalue weighted by atomic mass is 9.92. The Morgan fingerprint density at radius 1 is 1.19 bits per heavy atom. The topological polar surface area (TPSA) is 59.4 Å². The average Bonchev–Trinajstić information content (AvgIpc) is 3.24. The number of ether oxygens (including phenoxy) is 1. The second-order valence-corrected chi connectivity index (χ2v) is 7.52. The molecular formula is C24H26F2N4O2. The maximum absolute atomic E-state index is 14.0. The van der Waals surface area contributed by atoms with Gasteiger partial charge in [0.1, 0.15) is 0 Å². The van der Waals surface area contributed by atoms with Crippen molar-refractivity contribution in [2.24, 2.45) is 7.05 Å². The first-order chi connectivity index (χ1) is 15.5. The van der Waals surface area contributed by atoms with Gasteiger partial charge in [-0.25, -0.2) is 8.78 Å². The molecular weight excluding hydrogens is 414 g/mol. The van der Waals surface area contributed by atoms with Crippen molar-refractivity contribution in [1.29, 1.82) is 0 Å². The predicted molar refractivity (Wildman–Crippen MR) is 121 cm³/mol. The molecule has 0 radical (unpaired) electrons. The highest BCUT2D eigenvalue weighted by atomic mass is 19.3. The summed E-state index contributed by atoms with van der Waals surface area (Å²) in [4.78, 5) is 13.7. The molecule has 5 rings (SSSR count). The molecule has 3 aromatic rings. The van der Waals surface area contributed by atoms with Crippen LogP contribution in [0.1, 0.15) is 37.8 Å². The van der Waals surface area contributed by atoms with E-state index < -0.39 is 6.43 Å². The van der Waals surface area contributed by atoms with Gasteiger partial charge in [-0.2, -0.15) is 5.10 Å². The molecule has 1 amide bonds. The van der Waals surface area contributed by atoms with Gasteiger partial charge in [0.25, 0.3) is 12.3 Å². The molecule has 0 saturated carbocycles. The largest absolute Gasteiger partial charge is 0.479 e. The maximum Gasteiger partial charge on any atom is 0.264 e. The van der Waals surface area contributed by atoms with E-state index in [0.29, 0.717) is 29.1 Å². The summed E-state index contributed by atoms with van der Waals surface area (Å²) in [5.74, 6) is 0.361. The van der Waals surface area contributed by atoms with Gasteiger partial charge in [-0.3, -0.25) is 9.48 Å². The van der Waals surface area contributed by atoms with Crippen LogP contribution in [0.2, 0.25) is 0 Å². The molecule has 0 spiro atoms. The quantitative estimate of drug-likeness (QED) is 0.587. The van der Waals surface area contributed by atoms with E-state index in [-0.39, 0.29) is 18.1 Å². The highest BCUT2D eigenvalue weighted by Gasteiger charge is 2.28. The fraction of sp³-hybridized carbons (Fsp3) is 0.333. The molecule has 168 valence electrons. The Kier molecular flexibility index (Phi) is 6.12. The average molecular weight is 440 g/mol. The monoisotopic (exact) mass is 440 g/mol. The molecule has 2 aliphatic heterocycles. The third-order valence-corrected chi connectivity index (χ3v) is 5.53. The van der Waals surface area contributed by atoms with Crippen LogP contribution in [-0.2, 0) is 18.3 Å². The fourth-order valence-corrected chi connectivity index (χ4v) is 4.20. The van der Waals surface area contributed by atoms with Crippen molar-refractivity contribution in [3.8, 4) is 16.9 Å². The van der Waals surface area contributed by atoms with Gasteiger partial charge in [-0.15, -0.1) is 0 Å². The van der Waals surface area contributed by atoms with Gasteiger partial charge in [0.2, 0.25) is 0 Å². The number of alkyl halides is 2. The van der Waals surface area contributed by atoms with Crippen molar-refractivity contribution in [3.05, 3.63) is 53.9 Å². The van der Waals surface area contributed by atoms with Gasteiger partial charge < -0.3 is 15.0 Å². The van der Waals surface area contributed by atoms with Crippen molar-refractivity contribution < 1.29 is 18.3 Å². The normalized spacial score (nSPS) is 14.7. The van der Waals surface area contributed by atoms with E-state index in [9.17, 15) is 13.6 Å². The number of hydrogen-bond donors (Lipinski definition) is 1. The van der Waals surface area contributed by atoms with Gasteiger partial charge in [0.05, 0.1) is 17.6 Å². The van der Waals surface area contributed by atoms with Crippen LogP contribution in [0, 0.1) is 0 Å². The smallest absolute Gasteiger partial charge is 0.264 e. The Balaban J connectivity index is 0.00000119. The van der Waals surface area contributed by atoms with Gasteiger partial charge >= 0.3 is 0 Å². The molecule has 0 atom stereocenters. The summed E-state index contributed by atoms with van der Waals surface area (Å²) in [6.45, 7) is 4.61. The number of benzene rings is 2. The number of carbonyl (C=O) groups is 1. The molecule has 2 aromatic carbocycles. The predicted octanol–water partition coefficient (Wildman–Crippen LogP) is 5.47. The zero-order chi connectivity index (χ0) is 22.8. The summed E-state index contributed by atoms with van der Waals surface area (Å²) < 4.78 is 35.3. The number of fused-ring (bicyclic) bond motifs is 2. The molecule has 32 heavy (non-hydrogen) atoms. The number of rotatable bonds is 3. The molecule has 0 fully saturated rings. The lowest BCUT2D eigenvalue weighted by Gasteiger charge is -2.34. The molecule has 0 bridgehead atoms. The zero-order valence-corrected chi connectivity index (χ0v) is 18.4. The Hall–Kier alpha value is -3.42. The van der Waals surface area contributed by atoms with E-state index in [4.69, 9.17) is 4.74 Å². The first kappa shape index (κ1) is 21.8. The van der Waals surface area contributed by atoms with Gasteiger partial charge in [0, 0.05) is 36.6 Å². The molecule has 2 aliphatic rings. The third kappa shape index (κ3) is 3.92. The van der Waals surface area contributed by atoms with Crippen LogP contribution >= 0.6 is 0 Å².